The van der Waals surface area contributed by atoms with Crippen LogP contribution in [-0.2, 0) is 4.79 Å². The fourth-order valence-corrected chi connectivity index (χ4v) is 5.89. The molecule has 0 aromatic carbocycles. The Balaban J connectivity index is 1.62. The lowest BCUT2D eigenvalue weighted by molar-refractivity contribution is -0.126. The van der Waals surface area contributed by atoms with Crippen LogP contribution in [-0.4, -0.2) is 38.2 Å². The molecule has 4 nitrogen and oxygen atoms in total. The molecule has 0 radical (unpaired) electrons. The third kappa shape index (κ3) is 2.15. The van der Waals surface area contributed by atoms with E-state index < -0.39 is 16.0 Å². The Morgan fingerprint density at radius 1 is 1.50 bits per heavy atom. The van der Waals surface area contributed by atoms with Gasteiger partial charge in [0, 0.05) is 12.3 Å². The SMILES string of the molecule is CC1C=C2C[C@@]3(F)CC(CC23)[C@H]1N=C1NC(=O)C(C)(C(C)(C)O)S1. The highest BCUT2D eigenvalue weighted by atomic mass is 32.2. The highest BCUT2D eigenvalue weighted by Crippen LogP contribution is 2.62. The monoisotopic (exact) mass is 352 g/mol. The minimum Gasteiger partial charge on any atom is -0.388 e. The van der Waals surface area contributed by atoms with E-state index in [1.165, 1.54) is 17.3 Å². The van der Waals surface area contributed by atoms with E-state index in [1.807, 2.05) is 0 Å². The van der Waals surface area contributed by atoms with Gasteiger partial charge in [0.1, 0.15) is 10.4 Å². The van der Waals surface area contributed by atoms with E-state index in [4.69, 9.17) is 4.99 Å². The van der Waals surface area contributed by atoms with Crippen molar-refractivity contribution in [2.45, 2.75) is 69.0 Å². The van der Waals surface area contributed by atoms with E-state index in [0.29, 0.717) is 18.0 Å². The summed E-state index contributed by atoms with van der Waals surface area (Å²) in [5.74, 6) is 0.360. The number of amides is 1. The molecule has 4 aliphatic rings. The maximum Gasteiger partial charge on any atom is 0.245 e. The van der Waals surface area contributed by atoms with Crippen LogP contribution in [0.15, 0.2) is 16.6 Å². The number of allylic oxidation sites excluding steroid dienone is 1. The van der Waals surface area contributed by atoms with Crippen molar-refractivity contribution in [1.82, 2.24) is 5.32 Å². The topological polar surface area (TPSA) is 61.7 Å². The zero-order valence-electron chi connectivity index (χ0n) is 14.6. The van der Waals surface area contributed by atoms with Crippen LogP contribution in [0.25, 0.3) is 0 Å². The first-order chi connectivity index (χ1) is 11.0. The summed E-state index contributed by atoms with van der Waals surface area (Å²) in [7, 11) is 0. The third-order valence-corrected chi connectivity index (χ3v) is 8.09. The molecule has 0 aromatic rings. The molecule has 24 heavy (non-hydrogen) atoms. The highest BCUT2D eigenvalue weighted by molar-refractivity contribution is 8.16. The van der Waals surface area contributed by atoms with Gasteiger partial charge in [-0.3, -0.25) is 9.79 Å². The van der Waals surface area contributed by atoms with Crippen LogP contribution in [0.4, 0.5) is 4.39 Å². The van der Waals surface area contributed by atoms with Crippen molar-refractivity contribution in [2.24, 2.45) is 22.7 Å². The molecule has 3 aliphatic carbocycles. The summed E-state index contributed by atoms with van der Waals surface area (Å²) in [5, 5.41) is 13.7. The van der Waals surface area contributed by atoms with Crippen LogP contribution in [0.3, 0.4) is 0 Å². The first-order valence-electron chi connectivity index (χ1n) is 8.74. The normalized spacial score (nSPS) is 48.8. The van der Waals surface area contributed by atoms with Crippen molar-refractivity contribution in [3.05, 3.63) is 11.6 Å². The summed E-state index contributed by atoms with van der Waals surface area (Å²) in [6.45, 7) is 7.16. The molecule has 6 atom stereocenters. The third-order valence-electron chi connectivity index (χ3n) is 6.60. The predicted octanol–water partition coefficient (Wildman–Crippen LogP) is 2.82. The van der Waals surface area contributed by atoms with Gasteiger partial charge in [0.15, 0.2) is 5.17 Å². The van der Waals surface area contributed by atoms with E-state index >= 15 is 0 Å². The van der Waals surface area contributed by atoms with Gasteiger partial charge in [-0.05, 0) is 45.4 Å². The van der Waals surface area contributed by atoms with Crippen LogP contribution in [0.5, 0.6) is 0 Å². The van der Waals surface area contributed by atoms with E-state index in [1.54, 1.807) is 20.8 Å². The van der Waals surface area contributed by atoms with Gasteiger partial charge in [-0.2, -0.15) is 0 Å². The average Bonchev–Trinajstić information content (AvgIpc) is 2.85. The fraction of sp³-hybridized carbons (Fsp3) is 0.778. The molecule has 4 unspecified atom stereocenters. The second-order valence-electron chi connectivity index (χ2n) is 8.64. The van der Waals surface area contributed by atoms with E-state index in [0.717, 1.165) is 6.42 Å². The van der Waals surface area contributed by atoms with Crippen molar-refractivity contribution in [1.29, 1.82) is 0 Å². The zero-order valence-corrected chi connectivity index (χ0v) is 15.4. The van der Waals surface area contributed by atoms with Crippen LogP contribution >= 0.6 is 11.8 Å². The molecule has 132 valence electrons. The molecule has 1 saturated heterocycles. The number of thioether (sulfide) groups is 1. The minimum atomic E-state index is -1.15. The number of carbonyl (C=O) groups is 1. The molecule has 0 spiro atoms. The summed E-state index contributed by atoms with van der Waals surface area (Å²) in [6, 6.07) is -0.00474. The lowest BCUT2D eigenvalue weighted by Gasteiger charge is -2.42. The van der Waals surface area contributed by atoms with Crippen LogP contribution in [0.2, 0.25) is 0 Å². The van der Waals surface area contributed by atoms with Crippen LogP contribution in [0, 0.1) is 17.8 Å². The lowest BCUT2D eigenvalue weighted by atomic mass is 9.67. The summed E-state index contributed by atoms with van der Waals surface area (Å²) >= 11 is 1.29. The van der Waals surface area contributed by atoms with Crippen LogP contribution < -0.4 is 5.32 Å². The number of nitrogens with one attached hydrogen (secondary N) is 1. The molecule has 2 N–H and O–H groups in total. The number of hydrogen-bond donors (Lipinski definition) is 2. The van der Waals surface area contributed by atoms with Gasteiger partial charge in [0.25, 0.3) is 0 Å². The number of amidine groups is 1. The van der Waals surface area contributed by atoms with Gasteiger partial charge in [0.2, 0.25) is 5.91 Å². The summed E-state index contributed by atoms with van der Waals surface area (Å²) in [6.07, 6.45) is 4.26. The molecular weight excluding hydrogens is 327 g/mol. The second kappa shape index (κ2) is 4.85. The zero-order chi connectivity index (χ0) is 17.5. The van der Waals surface area contributed by atoms with Gasteiger partial charge >= 0.3 is 0 Å². The fourth-order valence-electron chi connectivity index (χ4n) is 4.79. The minimum absolute atomic E-state index is 0.00474. The highest BCUT2D eigenvalue weighted by Gasteiger charge is 2.60. The molecule has 1 amide bonds. The number of alkyl halides is 1. The lowest BCUT2D eigenvalue weighted by Crippen LogP contribution is -2.50. The molecule has 6 heteroatoms. The van der Waals surface area contributed by atoms with Crippen molar-refractivity contribution >= 4 is 22.8 Å². The predicted molar refractivity (Wildman–Crippen MR) is 93.6 cm³/mol. The standard InChI is InChI=1S/C18H25FN2O2S/c1-9-5-10-7-18(19)8-11(6-12(10)18)13(9)20-15-21-14(22)17(4,24-15)16(2,3)23/h5,9,11-13,23H,6-8H2,1-4H3,(H,20,21,22)/t9?,11?,12?,13-,17?,18+/m0/s1. The number of nitrogens with zero attached hydrogens (tertiary/aromatic N) is 1. The van der Waals surface area contributed by atoms with Crippen LogP contribution in [0.1, 0.15) is 47.0 Å². The molecule has 0 aromatic heterocycles. The van der Waals surface area contributed by atoms with Gasteiger partial charge in [-0.1, -0.05) is 30.3 Å². The summed E-state index contributed by atoms with van der Waals surface area (Å²) < 4.78 is 13.8. The molecule has 1 aliphatic heterocycles. The number of fused-ring (bicyclic) bond motifs is 1. The second-order valence-corrected chi connectivity index (χ2v) is 10.0. The molecule has 2 saturated carbocycles. The summed E-state index contributed by atoms with van der Waals surface area (Å²) in [5.41, 5.74) is -0.901. The van der Waals surface area contributed by atoms with E-state index in [2.05, 4.69) is 18.3 Å². The average molecular weight is 352 g/mol. The largest absolute Gasteiger partial charge is 0.388 e. The first kappa shape index (κ1) is 16.6. The number of carbonyl (C=O) groups excluding carboxylic acids is 1. The van der Waals surface area contributed by atoms with Crippen molar-refractivity contribution in [3.63, 3.8) is 0 Å². The number of halogens is 1. The molecule has 2 bridgehead atoms. The van der Waals surface area contributed by atoms with E-state index in [9.17, 15) is 14.3 Å². The Morgan fingerprint density at radius 3 is 2.83 bits per heavy atom. The van der Waals surface area contributed by atoms with Gasteiger partial charge < -0.3 is 10.4 Å². The number of aliphatic hydroxyl groups is 1. The van der Waals surface area contributed by atoms with E-state index in [-0.39, 0.29) is 29.7 Å². The van der Waals surface area contributed by atoms with Crippen molar-refractivity contribution in [3.8, 4) is 0 Å². The Kier molecular flexibility index (Phi) is 3.35. The Labute approximate surface area is 146 Å². The number of rotatable bonds is 2. The number of aliphatic imine (C=N–C) groups is 1. The van der Waals surface area contributed by atoms with Gasteiger partial charge in [0.05, 0.1) is 11.6 Å². The first-order valence-corrected chi connectivity index (χ1v) is 9.55. The molecular formula is C18H25FN2O2S. The number of hydrogen-bond acceptors (Lipinski definition) is 4. The van der Waals surface area contributed by atoms with Gasteiger partial charge in [-0.15, -0.1) is 0 Å². The maximum absolute atomic E-state index is 14.8. The maximum atomic E-state index is 14.8. The molecule has 1 heterocycles. The quantitative estimate of drug-likeness (QED) is 0.751. The summed E-state index contributed by atoms with van der Waals surface area (Å²) in [4.78, 5) is 17.2. The smallest absolute Gasteiger partial charge is 0.245 e. The molecule has 3 fully saturated rings. The Morgan fingerprint density at radius 2 is 2.21 bits per heavy atom. The van der Waals surface area contributed by atoms with Gasteiger partial charge in [-0.25, -0.2) is 4.39 Å². The van der Waals surface area contributed by atoms with Crippen molar-refractivity contribution in [2.75, 3.05) is 0 Å². The van der Waals surface area contributed by atoms with Crippen molar-refractivity contribution < 1.29 is 14.3 Å². The Hall–Kier alpha value is -0.880. The Bertz CT molecular complexity index is 670. The molecule has 4 rings (SSSR count).